The second-order valence-corrected chi connectivity index (χ2v) is 8.28. The van der Waals surface area contributed by atoms with Crippen molar-refractivity contribution < 1.29 is 4.21 Å². The first-order valence-corrected chi connectivity index (χ1v) is 7.99. The molecular weight excluding hydrogens is 278 g/mol. The first-order chi connectivity index (χ1) is 8.91. The lowest BCUT2D eigenvalue weighted by Crippen LogP contribution is -2.41. The van der Waals surface area contributed by atoms with E-state index in [4.69, 9.17) is 11.6 Å². The van der Waals surface area contributed by atoms with Crippen molar-refractivity contribution in [2.75, 3.05) is 6.54 Å². The molecule has 4 heteroatoms. The molecular formula is C15H20ClNOS. The summed E-state index contributed by atoms with van der Waals surface area (Å²) in [5.41, 5.74) is 1.03. The molecule has 0 spiro atoms. The summed E-state index contributed by atoms with van der Waals surface area (Å²) in [6.45, 7) is 6.82. The van der Waals surface area contributed by atoms with Crippen LogP contribution in [0.5, 0.6) is 0 Å². The Kier molecular flexibility index (Phi) is 4.49. The van der Waals surface area contributed by atoms with Crippen molar-refractivity contribution in [2.45, 2.75) is 38.0 Å². The highest BCUT2D eigenvalue weighted by Gasteiger charge is 2.32. The van der Waals surface area contributed by atoms with Crippen LogP contribution in [0.25, 0.3) is 0 Å². The molecule has 0 amide bonds. The van der Waals surface area contributed by atoms with Crippen molar-refractivity contribution in [1.29, 1.82) is 0 Å². The largest absolute Gasteiger partial charge is 0.242 e. The van der Waals surface area contributed by atoms with Gasteiger partial charge in [0.2, 0.25) is 0 Å². The molecule has 1 aliphatic rings. The smallest absolute Gasteiger partial charge is 0.101 e. The predicted octanol–water partition coefficient (Wildman–Crippen LogP) is 4.11. The van der Waals surface area contributed by atoms with Gasteiger partial charge in [0, 0.05) is 11.6 Å². The SMILES string of the molecule is CC(C)(C)S(=O)N1CCC=C[C@H]1c1ccccc1Cl. The third-order valence-electron chi connectivity index (χ3n) is 3.11. The summed E-state index contributed by atoms with van der Waals surface area (Å²) >= 11 is 6.28. The van der Waals surface area contributed by atoms with Crippen LogP contribution in [0.15, 0.2) is 36.4 Å². The average Bonchev–Trinajstić information content (AvgIpc) is 2.37. The maximum atomic E-state index is 12.7. The molecule has 0 fully saturated rings. The minimum Gasteiger partial charge on any atom is -0.242 e. The topological polar surface area (TPSA) is 20.3 Å². The highest BCUT2D eigenvalue weighted by Crippen LogP contribution is 2.34. The molecule has 19 heavy (non-hydrogen) atoms. The van der Waals surface area contributed by atoms with Crippen LogP contribution in [0.4, 0.5) is 0 Å². The Morgan fingerprint density at radius 2 is 2.00 bits per heavy atom. The maximum absolute atomic E-state index is 12.7. The van der Waals surface area contributed by atoms with Crippen molar-refractivity contribution in [3.63, 3.8) is 0 Å². The Labute approximate surface area is 123 Å². The second kappa shape index (κ2) is 5.78. The van der Waals surface area contributed by atoms with Crippen LogP contribution in [0.1, 0.15) is 38.8 Å². The summed E-state index contributed by atoms with van der Waals surface area (Å²) < 4.78 is 14.5. The van der Waals surface area contributed by atoms with Crippen molar-refractivity contribution in [1.82, 2.24) is 4.31 Å². The van der Waals surface area contributed by atoms with Gasteiger partial charge in [0.15, 0.2) is 0 Å². The lowest BCUT2D eigenvalue weighted by atomic mass is 10.0. The van der Waals surface area contributed by atoms with Gasteiger partial charge in [-0.1, -0.05) is 42.0 Å². The number of halogens is 1. The summed E-state index contributed by atoms with van der Waals surface area (Å²) in [5.74, 6) is 0. The van der Waals surface area contributed by atoms with Crippen LogP contribution in [0.3, 0.4) is 0 Å². The van der Waals surface area contributed by atoms with E-state index in [0.29, 0.717) is 0 Å². The fourth-order valence-electron chi connectivity index (χ4n) is 2.17. The molecule has 0 bridgehead atoms. The lowest BCUT2D eigenvalue weighted by Gasteiger charge is -2.36. The van der Waals surface area contributed by atoms with Gasteiger partial charge in [0.1, 0.15) is 11.0 Å². The Morgan fingerprint density at radius 1 is 1.32 bits per heavy atom. The first-order valence-electron chi connectivity index (χ1n) is 6.51. The summed E-state index contributed by atoms with van der Waals surface area (Å²) in [6, 6.07) is 7.79. The van der Waals surface area contributed by atoms with Crippen LogP contribution >= 0.6 is 11.6 Å². The van der Waals surface area contributed by atoms with Gasteiger partial charge in [0.25, 0.3) is 0 Å². The molecule has 0 radical (unpaired) electrons. The van der Waals surface area contributed by atoms with Crippen LogP contribution in [-0.2, 0) is 11.0 Å². The molecule has 104 valence electrons. The van der Waals surface area contributed by atoms with Gasteiger partial charge in [-0.15, -0.1) is 0 Å². The summed E-state index contributed by atoms with van der Waals surface area (Å²) in [6.07, 6.45) is 5.18. The molecule has 0 aliphatic carbocycles. The third kappa shape index (κ3) is 3.28. The summed E-state index contributed by atoms with van der Waals surface area (Å²) in [4.78, 5) is 0. The number of nitrogens with zero attached hydrogens (tertiary/aromatic N) is 1. The van der Waals surface area contributed by atoms with Gasteiger partial charge in [-0.25, -0.2) is 8.51 Å². The van der Waals surface area contributed by atoms with Crippen molar-refractivity contribution in [3.8, 4) is 0 Å². The first kappa shape index (κ1) is 14.8. The zero-order chi connectivity index (χ0) is 14.0. The molecule has 0 saturated carbocycles. The molecule has 1 aliphatic heterocycles. The maximum Gasteiger partial charge on any atom is 0.101 e. The van der Waals surface area contributed by atoms with E-state index in [2.05, 4.69) is 12.2 Å². The van der Waals surface area contributed by atoms with Crippen LogP contribution in [0.2, 0.25) is 5.02 Å². The molecule has 2 rings (SSSR count). The number of hydrogen-bond donors (Lipinski definition) is 0. The number of benzene rings is 1. The number of hydrogen-bond acceptors (Lipinski definition) is 1. The fraction of sp³-hybridized carbons (Fsp3) is 0.467. The molecule has 2 nitrogen and oxygen atoms in total. The van der Waals surface area contributed by atoms with Gasteiger partial charge >= 0.3 is 0 Å². The highest BCUT2D eigenvalue weighted by atomic mass is 35.5. The average molecular weight is 298 g/mol. The van der Waals surface area contributed by atoms with Gasteiger partial charge in [-0.3, -0.25) is 0 Å². The monoisotopic (exact) mass is 297 g/mol. The van der Waals surface area contributed by atoms with E-state index in [1.54, 1.807) is 0 Å². The predicted molar refractivity (Wildman–Crippen MR) is 82.6 cm³/mol. The van der Waals surface area contributed by atoms with Crippen LogP contribution in [0, 0.1) is 0 Å². The summed E-state index contributed by atoms with van der Waals surface area (Å²) in [7, 11) is -1.04. The van der Waals surface area contributed by atoms with E-state index in [9.17, 15) is 4.21 Å². The number of rotatable bonds is 2. The Hall–Kier alpha value is -0.640. The van der Waals surface area contributed by atoms with E-state index >= 15 is 0 Å². The zero-order valence-corrected chi connectivity index (χ0v) is 13.2. The van der Waals surface area contributed by atoms with Gasteiger partial charge in [-0.2, -0.15) is 0 Å². The molecule has 1 aromatic rings. The highest BCUT2D eigenvalue weighted by molar-refractivity contribution is 7.84. The summed E-state index contributed by atoms with van der Waals surface area (Å²) in [5, 5.41) is 0.731. The minimum absolute atomic E-state index is 0.00232. The standard InChI is InChI=1S/C15H20ClNOS/c1-15(2,3)19(18)17-11-7-6-10-14(17)12-8-4-5-9-13(12)16/h4-6,8-10,14H,7,11H2,1-3H3/t14-,19?/m0/s1. The Bertz CT molecular complexity index is 507. The van der Waals surface area contributed by atoms with Crippen LogP contribution < -0.4 is 0 Å². The van der Waals surface area contributed by atoms with E-state index in [1.807, 2.05) is 49.3 Å². The molecule has 1 aromatic carbocycles. The van der Waals surface area contributed by atoms with Crippen molar-refractivity contribution >= 4 is 22.6 Å². The van der Waals surface area contributed by atoms with Crippen molar-refractivity contribution in [3.05, 3.63) is 47.0 Å². The minimum atomic E-state index is -1.04. The quantitative estimate of drug-likeness (QED) is 0.753. The van der Waals surface area contributed by atoms with E-state index in [1.165, 1.54) is 0 Å². The van der Waals surface area contributed by atoms with Crippen molar-refractivity contribution in [2.24, 2.45) is 0 Å². The Morgan fingerprint density at radius 3 is 2.63 bits per heavy atom. The fourth-order valence-corrected chi connectivity index (χ4v) is 3.79. The molecule has 0 saturated heterocycles. The lowest BCUT2D eigenvalue weighted by molar-refractivity contribution is 0.375. The van der Waals surface area contributed by atoms with E-state index in [-0.39, 0.29) is 10.8 Å². The van der Waals surface area contributed by atoms with Gasteiger partial charge < -0.3 is 0 Å². The molecule has 1 heterocycles. The second-order valence-electron chi connectivity index (χ2n) is 5.69. The third-order valence-corrected chi connectivity index (χ3v) is 5.33. The molecule has 1 unspecified atom stereocenters. The zero-order valence-electron chi connectivity index (χ0n) is 11.6. The molecule has 0 aromatic heterocycles. The van der Waals surface area contributed by atoms with Crippen LogP contribution in [-0.4, -0.2) is 19.8 Å². The van der Waals surface area contributed by atoms with E-state index in [0.717, 1.165) is 23.6 Å². The van der Waals surface area contributed by atoms with Gasteiger partial charge in [-0.05, 0) is 38.8 Å². The Balaban J connectivity index is 2.37. The molecule has 0 N–H and O–H groups in total. The normalized spacial score (nSPS) is 22.4. The molecule has 2 atom stereocenters. The van der Waals surface area contributed by atoms with Gasteiger partial charge in [0.05, 0.1) is 10.8 Å². The van der Waals surface area contributed by atoms with E-state index < -0.39 is 11.0 Å².